The van der Waals surface area contributed by atoms with E-state index in [-0.39, 0.29) is 14.5 Å². The second-order valence-electron chi connectivity index (χ2n) is 5.06. The molecular formula is C12H17NO4S3. The van der Waals surface area contributed by atoms with Crippen LogP contribution in [-0.4, -0.2) is 36.5 Å². The monoisotopic (exact) mass is 335 g/mol. The van der Waals surface area contributed by atoms with Crippen molar-refractivity contribution in [3.8, 4) is 0 Å². The van der Waals surface area contributed by atoms with Crippen molar-refractivity contribution >= 4 is 39.1 Å². The third-order valence-electron chi connectivity index (χ3n) is 3.31. The smallest absolute Gasteiger partial charge is 0.345 e. The van der Waals surface area contributed by atoms with Gasteiger partial charge in [-0.1, -0.05) is 0 Å². The fraction of sp³-hybridized carbons (Fsp3) is 0.583. The van der Waals surface area contributed by atoms with Gasteiger partial charge in [-0.05, 0) is 38.5 Å². The summed E-state index contributed by atoms with van der Waals surface area (Å²) in [6, 6.07) is 1.23. The maximum Gasteiger partial charge on any atom is 0.345 e. The largest absolute Gasteiger partial charge is 0.477 e. The van der Waals surface area contributed by atoms with E-state index in [0.29, 0.717) is 11.4 Å². The Morgan fingerprint density at radius 1 is 1.55 bits per heavy atom. The van der Waals surface area contributed by atoms with Crippen molar-refractivity contribution in [1.29, 1.82) is 0 Å². The number of thioether (sulfide) groups is 1. The maximum absolute atomic E-state index is 12.3. The Hall–Kier alpha value is -0.570. The van der Waals surface area contributed by atoms with Crippen molar-refractivity contribution in [2.75, 3.05) is 12.3 Å². The van der Waals surface area contributed by atoms with Crippen molar-refractivity contribution in [3.05, 3.63) is 15.8 Å². The molecule has 1 saturated heterocycles. The van der Waals surface area contributed by atoms with E-state index in [1.807, 2.05) is 0 Å². The van der Waals surface area contributed by atoms with Crippen LogP contribution in [0.1, 0.15) is 34.3 Å². The van der Waals surface area contributed by atoms with E-state index in [0.717, 1.165) is 29.9 Å². The van der Waals surface area contributed by atoms with Crippen LogP contribution in [0, 0.1) is 6.92 Å². The zero-order valence-corrected chi connectivity index (χ0v) is 13.8. The van der Waals surface area contributed by atoms with E-state index in [1.54, 1.807) is 18.7 Å². The molecule has 1 aliphatic heterocycles. The normalized spacial score (nSPS) is 23.1. The summed E-state index contributed by atoms with van der Waals surface area (Å²) in [4.78, 5) is 11.5. The molecule has 0 saturated carbocycles. The lowest BCUT2D eigenvalue weighted by molar-refractivity contribution is 0.0702. The van der Waals surface area contributed by atoms with Gasteiger partial charge in [0.1, 0.15) is 4.88 Å². The summed E-state index contributed by atoms with van der Waals surface area (Å²) in [5.41, 5.74) is 0. The van der Waals surface area contributed by atoms with Gasteiger partial charge in [0, 0.05) is 16.2 Å². The van der Waals surface area contributed by atoms with Gasteiger partial charge in [0.2, 0.25) is 10.0 Å². The van der Waals surface area contributed by atoms with Crippen molar-refractivity contribution < 1.29 is 18.3 Å². The van der Waals surface area contributed by atoms with Gasteiger partial charge in [-0.15, -0.1) is 11.3 Å². The minimum absolute atomic E-state index is 0.0457. The minimum atomic E-state index is -3.65. The van der Waals surface area contributed by atoms with E-state index in [2.05, 4.69) is 11.6 Å². The van der Waals surface area contributed by atoms with Crippen LogP contribution in [0.5, 0.6) is 0 Å². The van der Waals surface area contributed by atoms with Gasteiger partial charge in [0.05, 0.1) is 4.90 Å². The number of aryl methyl sites for hydroxylation is 1. The number of aromatic carboxylic acids is 1. The van der Waals surface area contributed by atoms with Crippen molar-refractivity contribution in [3.63, 3.8) is 0 Å². The number of hydrogen-bond donors (Lipinski definition) is 2. The summed E-state index contributed by atoms with van der Waals surface area (Å²) in [7, 11) is -3.65. The van der Waals surface area contributed by atoms with Crippen LogP contribution in [-0.2, 0) is 10.0 Å². The third kappa shape index (κ3) is 3.36. The lowest BCUT2D eigenvalue weighted by Gasteiger charge is -2.22. The molecule has 0 aliphatic carbocycles. The Morgan fingerprint density at radius 3 is 2.75 bits per heavy atom. The molecule has 2 heterocycles. The minimum Gasteiger partial charge on any atom is -0.477 e. The van der Waals surface area contributed by atoms with Crippen LogP contribution < -0.4 is 4.72 Å². The topological polar surface area (TPSA) is 83.5 Å². The highest BCUT2D eigenvalue weighted by Crippen LogP contribution is 2.37. The molecule has 1 atom stereocenters. The van der Waals surface area contributed by atoms with E-state index in [4.69, 9.17) is 5.11 Å². The number of rotatable bonds is 5. The molecule has 5 nitrogen and oxygen atoms in total. The highest BCUT2D eigenvalue weighted by atomic mass is 32.2. The van der Waals surface area contributed by atoms with Crippen molar-refractivity contribution in [1.82, 2.24) is 4.72 Å². The Balaban J connectivity index is 2.16. The highest BCUT2D eigenvalue weighted by molar-refractivity contribution is 8.01. The molecule has 0 radical (unpaired) electrons. The van der Waals surface area contributed by atoms with Gasteiger partial charge in [0.15, 0.2) is 0 Å². The standard InChI is InChI=1S/C12H17NO4S3/c1-8-10(6-9(19-8)11(14)15)20(16,17)13-7-12(2)4-3-5-18-12/h6,13H,3-5,7H2,1-2H3,(H,14,15). The van der Waals surface area contributed by atoms with E-state index in [9.17, 15) is 13.2 Å². The molecule has 1 fully saturated rings. The van der Waals surface area contributed by atoms with E-state index >= 15 is 0 Å². The van der Waals surface area contributed by atoms with Crippen molar-refractivity contribution in [2.24, 2.45) is 0 Å². The van der Waals surface area contributed by atoms with Crippen LogP contribution in [0.25, 0.3) is 0 Å². The molecule has 1 aliphatic rings. The number of carboxylic acid groups (broad SMARTS) is 1. The zero-order chi connectivity index (χ0) is 15.0. The summed E-state index contributed by atoms with van der Waals surface area (Å²) in [5, 5.41) is 8.92. The summed E-state index contributed by atoms with van der Waals surface area (Å²) in [6.07, 6.45) is 2.09. The average Bonchev–Trinajstić information content (AvgIpc) is 2.94. The second kappa shape index (κ2) is 5.67. The van der Waals surface area contributed by atoms with Crippen LogP contribution in [0.3, 0.4) is 0 Å². The van der Waals surface area contributed by atoms with Gasteiger partial charge in [-0.3, -0.25) is 0 Å². The maximum atomic E-state index is 12.3. The Labute approximate surface area is 126 Å². The average molecular weight is 335 g/mol. The first-order valence-corrected chi connectivity index (χ1v) is 9.49. The molecule has 1 unspecified atom stereocenters. The predicted octanol–water partition coefficient (Wildman–Crippen LogP) is 2.32. The Kier molecular flexibility index (Phi) is 4.48. The molecule has 0 aromatic carbocycles. The molecule has 112 valence electrons. The van der Waals surface area contributed by atoms with Crippen LogP contribution in [0.2, 0.25) is 0 Å². The molecule has 0 spiro atoms. The summed E-state index contributed by atoms with van der Waals surface area (Å²) < 4.78 is 27.1. The molecule has 1 aromatic rings. The Morgan fingerprint density at radius 2 is 2.25 bits per heavy atom. The zero-order valence-electron chi connectivity index (χ0n) is 11.3. The van der Waals surface area contributed by atoms with Gasteiger partial charge >= 0.3 is 5.97 Å². The van der Waals surface area contributed by atoms with Gasteiger partial charge < -0.3 is 5.11 Å². The number of carboxylic acids is 1. The molecular weight excluding hydrogens is 318 g/mol. The molecule has 0 amide bonds. The first kappa shape index (κ1) is 15.8. The highest BCUT2D eigenvalue weighted by Gasteiger charge is 2.32. The number of sulfonamides is 1. The molecule has 8 heteroatoms. The fourth-order valence-electron chi connectivity index (χ4n) is 2.14. The number of carbonyl (C=O) groups is 1. The summed E-state index contributed by atoms with van der Waals surface area (Å²) in [6.45, 7) is 4.05. The number of thiophene rings is 1. The molecule has 0 bridgehead atoms. The van der Waals surface area contributed by atoms with Crippen LogP contribution in [0.15, 0.2) is 11.0 Å². The van der Waals surface area contributed by atoms with Gasteiger partial charge in [-0.25, -0.2) is 17.9 Å². The number of nitrogens with one attached hydrogen (secondary N) is 1. The lowest BCUT2D eigenvalue weighted by Crippen LogP contribution is -2.36. The summed E-state index contributed by atoms with van der Waals surface area (Å²) >= 11 is 2.76. The second-order valence-corrected chi connectivity index (χ2v) is 9.74. The first-order chi connectivity index (χ1) is 9.23. The third-order valence-corrected chi connectivity index (χ3v) is 7.54. The van der Waals surface area contributed by atoms with E-state index in [1.165, 1.54) is 6.07 Å². The number of hydrogen-bond acceptors (Lipinski definition) is 5. The Bertz CT molecular complexity index is 615. The quantitative estimate of drug-likeness (QED) is 0.863. The van der Waals surface area contributed by atoms with Crippen LogP contribution >= 0.6 is 23.1 Å². The van der Waals surface area contributed by atoms with E-state index < -0.39 is 16.0 Å². The molecule has 2 rings (SSSR count). The predicted molar refractivity (Wildman–Crippen MR) is 81.3 cm³/mol. The first-order valence-electron chi connectivity index (χ1n) is 6.21. The molecule has 20 heavy (non-hydrogen) atoms. The summed E-state index contributed by atoms with van der Waals surface area (Å²) in [5.74, 6) is -0.0448. The van der Waals surface area contributed by atoms with Gasteiger partial charge in [0.25, 0.3) is 0 Å². The van der Waals surface area contributed by atoms with Crippen LogP contribution in [0.4, 0.5) is 0 Å². The SMILES string of the molecule is Cc1sc(C(=O)O)cc1S(=O)(=O)NCC1(C)CCCS1. The van der Waals surface area contributed by atoms with Gasteiger partial charge in [-0.2, -0.15) is 11.8 Å². The molecule has 1 aromatic heterocycles. The molecule has 2 N–H and O–H groups in total. The van der Waals surface area contributed by atoms with Crippen molar-refractivity contribution in [2.45, 2.75) is 36.3 Å². The lowest BCUT2D eigenvalue weighted by atomic mass is 10.1. The fourth-order valence-corrected chi connectivity index (χ4v) is 6.07.